The second-order valence-electron chi connectivity index (χ2n) is 5.37. The van der Waals surface area contributed by atoms with E-state index in [0.29, 0.717) is 6.04 Å². The zero-order valence-corrected chi connectivity index (χ0v) is 11.7. The average molecular weight is 263 g/mol. The molecule has 1 fully saturated rings. The highest BCUT2D eigenvalue weighted by molar-refractivity contribution is 5.73. The minimum Gasteiger partial charge on any atom is -0.491 e. The third-order valence-electron chi connectivity index (χ3n) is 3.31. The summed E-state index contributed by atoms with van der Waals surface area (Å²) >= 11 is 0. The van der Waals surface area contributed by atoms with E-state index in [1.54, 1.807) is 0 Å². The van der Waals surface area contributed by atoms with Crippen LogP contribution in [-0.4, -0.2) is 29.8 Å². The van der Waals surface area contributed by atoms with Crippen LogP contribution in [0.5, 0.6) is 5.75 Å². The third-order valence-corrected chi connectivity index (χ3v) is 3.31. The van der Waals surface area contributed by atoms with Crippen LogP contribution in [0.15, 0.2) is 12.1 Å². The standard InChI is InChI=1S/C15H21NO3/c1-9-6-10(2)14(11(3)7-9)19-8-13(15(17)18)16-12-4-5-12/h6-7,12-13,16H,4-5,8H2,1-3H3,(H,17,18). The van der Waals surface area contributed by atoms with Gasteiger partial charge in [0.2, 0.25) is 0 Å². The van der Waals surface area contributed by atoms with E-state index in [4.69, 9.17) is 9.84 Å². The van der Waals surface area contributed by atoms with Crippen molar-refractivity contribution in [2.24, 2.45) is 0 Å². The van der Waals surface area contributed by atoms with Crippen LogP contribution in [0.25, 0.3) is 0 Å². The van der Waals surface area contributed by atoms with Crippen LogP contribution in [0.4, 0.5) is 0 Å². The molecule has 0 spiro atoms. The summed E-state index contributed by atoms with van der Waals surface area (Å²) in [6.07, 6.45) is 2.12. The number of carbonyl (C=O) groups is 1. The van der Waals surface area contributed by atoms with Gasteiger partial charge in [0.15, 0.2) is 0 Å². The summed E-state index contributed by atoms with van der Waals surface area (Å²) in [5.74, 6) is -0.0521. The van der Waals surface area contributed by atoms with E-state index in [9.17, 15) is 4.79 Å². The molecule has 19 heavy (non-hydrogen) atoms. The minimum atomic E-state index is -0.852. The van der Waals surface area contributed by atoms with Gasteiger partial charge in [-0.25, -0.2) is 0 Å². The van der Waals surface area contributed by atoms with Gasteiger partial charge in [-0.05, 0) is 44.7 Å². The molecule has 1 aromatic rings. The molecular formula is C15H21NO3. The second-order valence-corrected chi connectivity index (χ2v) is 5.37. The molecule has 0 radical (unpaired) electrons. The van der Waals surface area contributed by atoms with Gasteiger partial charge in [-0.15, -0.1) is 0 Å². The molecule has 0 aromatic heterocycles. The molecule has 0 amide bonds. The lowest BCUT2D eigenvalue weighted by molar-refractivity contribution is -0.140. The zero-order valence-electron chi connectivity index (χ0n) is 11.7. The van der Waals surface area contributed by atoms with E-state index < -0.39 is 12.0 Å². The summed E-state index contributed by atoms with van der Waals surface area (Å²) in [4.78, 5) is 11.2. The summed E-state index contributed by atoms with van der Waals surface area (Å²) in [7, 11) is 0. The van der Waals surface area contributed by atoms with Crippen molar-refractivity contribution in [3.8, 4) is 5.75 Å². The molecule has 4 heteroatoms. The SMILES string of the molecule is Cc1cc(C)c(OCC(NC2CC2)C(=O)O)c(C)c1. The first-order chi connectivity index (χ1) is 8.97. The Morgan fingerprint density at radius 1 is 1.37 bits per heavy atom. The monoisotopic (exact) mass is 263 g/mol. The molecule has 1 aliphatic carbocycles. The maximum Gasteiger partial charge on any atom is 0.324 e. The van der Waals surface area contributed by atoms with E-state index in [1.165, 1.54) is 5.56 Å². The van der Waals surface area contributed by atoms with Gasteiger partial charge in [0.25, 0.3) is 0 Å². The zero-order chi connectivity index (χ0) is 14.0. The molecule has 1 unspecified atom stereocenters. The molecule has 1 atom stereocenters. The van der Waals surface area contributed by atoms with Gasteiger partial charge >= 0.3 is 5.97 Å². The Hall–Kier alpha value is -1.55. The highest BCUT2D eigenvalue weighted by atomic mass is 16.5. The number of benzene rings is 1. The first kappa shape index (κ1) is 13.9. The van der Waals surface area contributed by atoms with E-state index in [-0.39, 0.29) is 6.61 Å². The molecule has 4 nitrogen and oxygen atoms in total. The second kappa shape index (κ2) is 5.61. The lowest BCUT2D eigenvalue weighted by Gasteiger charge is -2.18. The van der Waals surface area contributed by atoms with Gasteiger partial charge in [-0.2, -0.15) is 0 Å². The van der Waals surface area contributed by atoms with Crippen molar-refractivity contribution in [2.45, 2.75) is 45.7 Å². The van der Waals surface area contributed by atoms with Gasteiger partial charge in [0.05, 0.1) is 0 Å². The first-order valence-corrected chi connectivity index (χ1v) is 6.67. The van der Waals surface area contributed by atoms with Crippen molar-refractivity contribution in [1.82, 2.24) is 5.32 Å². The van der Waals surface area contributed by atoms with E-state index >= 15 is 0 Å². The molecule has 2 rings (SSSR count). The Balaban J connectivity index is 2.01. The van der Waals surface area contributed by atoms with Gasteiger partial charge < -0.3 is 9.84 Å². The largest absolute Gasteiger partial charge is 0.491 e. The summed E-state index contributed by atoms with van der Waals surface area (Å²) in [6.45, 7) is 6.17. The fourth-order valence-corrected chi connectivity index (χ4v) is 2.29. The van der Waals surface area contributed by atoms with Crippen LogP contribution < -0.4 is 10.1 Å². The topological polar surface area (TPSA) is 58.6 Å². The first-order valence-electron chi connectivity index (χ1n) is 6.67. The number of hydrogen-bond acceptors (Lipinski definition) is 3. The van der Waals surface area contributed by atoms with E-state index in [2.05, 4.69) is 5.32 Å². The van der Waals surface area contributed by atoms with Gasteiger partial charge in [-0.3, -0.25) is 10.1 Å². The van der Waals surface area contributed by atoms with Crippen LogP contribution in [0.2, 0.25) is 0 Å². The Morgan fingerprint density at radius 3 is 2.42 bits per heavy atom. The van der Waals surface area contributed by atoms with Crippen LogP contribution >= 0.6 is 0 Å². The van der Waals surface area contributed by atoms with Gasteiger partial charge in [-0.1, -0.05) is 17.7 Å². The van der Waals surface area contributed by atoms with Crippen LogP contribution in [0.1, 0.15) is 29.5 Å². The predicted molar refractivity (Wildman–Crippen MR) is 73.7 cm³/mol. The number of rotatable bonds is 6. The normalized spacial score (nSPS) is 16.2. The quantitative estimate of drug-likeness (QED) is 0.826. The van der Waals surface area contributed by atoms with Crippen LogP contribution in [0, 0.1) is 20.8 Å². The van der Waals surface area contributed by atoms with Crippen molar-refractivity contribution >= 4 is 5.97 Å². The predicted octanol–water partition coefficient (Wildman–Crippen LogP) is 2.20. The molecule has 0 heterocycles. The minimum absolute atomic E-state index is 0.163. The number of nitrogens with one attached hydrogen (secondary N) is 1. The maximum atomic E-state index is 11.2. The molecule has 0 aliphatic heterocycles. The molecular weight excluding hydrogens is 242 g/mol. The fraction of sp³-hybridized carbons (Fsp3) is 0.533. The summed E-state index contributed by atoms with van der Waals surface area (Å²) in [5, 5.41) is 12.3. The average Bonchev–Trinajstić information content (AvgIpc) is 3.09. The highest BCUT2D eigenvalue weighted by Crippen LogP contribution is 2.25. The van der Waals surface area contributed by atoms with Gasteiger partial charge in [0, 0.05) is 6.04 Å². The lowest BCUT2D eigenvalue weighted by atomic mass is 10.1. The summed E-state index contributed by atoms with van der Waals surface area (Å²) in [6, 6.07) is 3.82. The maximum absolute atomic E-state index is 11.2. The van der Waals surface area contributed by atoms with Crippen molar-refractivity contribution in [1.29, 1.82) is 0 Å². The molecule has 1 aliphatic rings. The highest BCUT2D eigenvalue weighted by Gasteiger charge is 2.28. The van der Waals surface area contributed by atoms with Crippen molar-refractivity contribution in [3.05, 3.63) is 28.8 Å². The molecule has 1 saturated carbocycles. The van der Waals surface area contributed by atoms with Gasteiger partial charge in [0.1, 0.15) is 18.4 Å². The van der Waals surface area contributed by atoms with E-state index in [1.807, 2.05) is 32.9 Å². The third kappa shape index (κ3) is 3.70. The Morgan fingerprint density at radius 2 is 1.95 bits per heavy atom. The van der Waals surface area contributed by atoms with Crippen molar-refractivity contribution < 1.29 is 14.6 Å². The number of aliphatic carboxylic acids is 1. The molecule has 2 N–H and O–H groups in total. The molecule has 1 aromatic carbocycles. The summed E-state index contributed by atoms with van der Waals surface area (Å²) < 4.78 is 5.73. The van der Waals surface area contributed by atoms with Crippen LogP contribution in [-0.2, 0) is 4.79 Å². The van der Waals surface area contributed by atoms with Crippen molar-refractivity contribution in [2.75, 3.05) is 6.61 Å². The number of hydrogen-bond donors (Lipinski definition) is 2. The number of carboxylic acids is 1. The molecule has 0 bridgehead atoms. The lowest BCUT2D eigenvalue weighted by Crippen LogP contribution is -2.42. The summed E-state index contributed by atoms with van der Waals surface area (Å²) in [5.41, 5.74) is 3.29. The number of ether oxygens (including phenoxy) is 1. The Bertz CT molecular complexity index is 457. The Kier molecular flexibility index (Phi) is 4.10. The number of aryl methyl sites for hydroxylation is 3. The van der Waals surface area contributed by atoms with Crippen LogP contribution in [0.3, 0.4) is 0 Å². The smallest absolute Gasteiger partial charge is 0.324 e. The fourth-order valence-electron chi connectivity index (χ4n) is 2.29. The molecule has 0 saturated heterocycles. The van der Waals surface area contributed by atoms with Crippen molar-refractivity contribution in [3.63, 3.8) is 0 Å². The molecule has 104 valence electrons. The van der Waals surface area contributed by atoms with E-state index in [0.717, 1.165) is 29.7 Å². The Labute approximate surface area is 113 Å². The number of carboxylic acid groups (broad SMARTS) is 1.